The van der Waals surface area contributed by atoms with E-state index >= 15 is 0 Å². The van der Waals surface area contributed by atoms with Crippen LogP contribution in [-0.2, 0) is 10.4 Å². The van der Waals surface area contributed by atoms with E-state index in [1.165, 1.54) is 4.90 Å². The maximum absolute atomic E-state index is 8.74. The van der Waals surface area contributed by atoms with Crippen molar-refractivity contribution in [3.63, 3.8) is 0 Å². The number of guanidine groups is 1. The van der Waals surface area contributed by atoms with Gasteiger partial charge in [0.05, 0.1) is 6.61 Å². The van der Waals surface area contributed by atoms with Crippen LogP contribution >= 0.6 is 0 Å². The molecule has 0 radical (unpaired) electrons. The molecule has 0 saturated heterocycles. The molecular formula is C4H13N3O5S. The van der Waals surface area contributed by atoms with Crippen LogP contribution in [0.1, 0.15) is 0 Å². The molecule has 0 fully saturated rings. The van der Waals surface area contributed by atoms with E-state index in [4.69, 9.17) is 33.8 Å². The minimum absolute atomic E-state index is 0.0148. The van der Waals surface area contributed by atoms with E-state index in [1.54, 1.807) is 7.05 Å². The lowest BCUT2D eigenvalue weighted by Gasteiger charge is -2.13. The van der Waals surface area contributed by atoms with E-state index in [0.717, 1.165) is 0 Å². The summed E-state index contributed by atoms with van der Waals surface area (Å²) in [4.78, 5) is 1.46. The second-order valence-corrected chi connectivity index (χ2v) is 2.87. The summed E-state index contributed by atoms with van der Waals surface area (Å²) in [6, 6.07) is 0. The van der Waals surface area contributed by atoms with E-state index in [0.29, 0.717) is 6.54 Å². The van der Waals surface area contributed by atoms with Gasteiger partial charge in [-0.3, -0.25) is 14.5 Å². The summed E-state index contributed by atoms with van der Waals surface area (Å²) in [5, 5.41) is 15.1. The second-order valence-electron chi connectivity index (χ2n) is 1.98. The number of nitrogens with zero attached hydrogens (tertiary/aromatic N) is 1. The van der Waals surface area contributed by atoms with Crippen LogP contribution in [0.15, 0.2) is 0 Å². The Morgan fingerprint density at radius 1 is 1.54 bits per heavy atom. The van der Waals surface area contributed by atoms with E-state index < -0.39 is 10.4 Å². The van der Waals surface area contributed by atoms with Gasteiger partial charge in [-0.25, -0.2) is 0 Å². The first-order valence-corrected chi connectivity index (χ1v) is 4.44. The van der Waals surface area contributed by atoms with Crippen molar-refractivity contribution in [3.8, 4) is 0 Å². The zero-order valence-electron chi connectivity index (χ0n) is 7.01. The summed E-state index contributed by atoms with van der Waals surface area (Å²) < 4.78 is 31.6. The largest absolute Gasteiger partial charge is 0.395 e. The third kappa shape index (κ3) is 24.7. The van der Waals surface area contributed by atoms with Crippen LogP contribution in [0, 0.1) is 5.41 Å². The maximum Gasteiger partial charge on any atom is 0.394 e. The number of hydrogen-bond donors (Lipinski definition) is 5. The van der Waals surface area contributed by atoms with Gasteiger partial charge in [-0.1, -0.05) is 0 Å². The summed E-state index contributed by atoms with van der Waals surface area (Å²) in [6.07, 6.45) is 0. The number of aliphatic hydroxyl groups is 1. The molecule has 6 N–H and O–H groups in total. The standard InChI is InChI=1S/C4H11N3O.H2O4S/c1-7(2-3-8)4(5)6;1-5(2,3)4/h8H,2-3H2,1H3,(H3,5,6);(H2,1,2,3,4). The first-order valence-electron chi connectivity index (χ1n) is 3.04. The third-order valence-corrected chi connectivity index (χ3v) is 0.847. The first-order chi connectivity index (χ1) is 5.68. The normalized spacial score (nSPS) is 9.85. The number of aliphatic hydroxyl groups excluding tert-OH is 1. The van der Waals surface area contributed by atoms with Crippen molar-refractivity contribution < 1.29 is 22.6 Å². The highest BCUT2D eigenvalue weighted by Crippen LogP contribution is 1.74. The number of nitrogens with two attached hydrogens (primary N) is 1. The molecule has 0 aliphatic carbocycles. The molecule has 0 aliphatic heterocycles. The molecule has 80 valence electrons. The van der Waals surface area contributed by atoms with Crippen molar-refractivity contribution >= 4 is 16.4 Å². The Kier molecular flexibility index (Phi) is 7.42. The van der Waals surface area contributed by atoms with Crippen molar-refractivity contribution in [3.05, 3.63) is 0 Å². The smallest absolute Gasteiger partial charge is 0.394 e. The molecule has 0 unspecified atom stereocenters. The molecule has 0 amide bonds. The van der Waals surface area contributed by atoms with Gasteiger partial charge in [0.15, 0.2) is 5.96 Å². The van der Waals surface area contributed by atoms with Crippen LogP contribution < -0.4 is 5.73 Å². The molecule has 0 bridgehead atoms. The predicted molar refractivity (Wildman–Crippen MR) is 45.8 cm³/mol. The van der Waals surface area contributed by atoms with Crippen molar-refractivity contribution in [2.75, 3.05) is 20.2 Å². The minimum atomic E-state index is -4.67. The van der Waals surface area contributed by atoms with Gasteiger partial charge < -0.3 is 15.7 Å². The molecule has 0 rings (SSSR count). The maximum atomic E-state index is 8.74. The summed E-state index contributed by atoms with van der Waals surface area (Å²) in [7, 11) is -3.02. The Hall–Kier alpha value is -0.900. The number of likely N-dealkylation sites (N-methyl/N-ethyl adjacent to an activating group) is 1. The lowest BCUT2D eigenvalue weighted by molar-refractivity contribution is 0.262. The van der Waals surface area contributed by atoms with Crippen LogP contribution in [0.3, 0.4) is 0 Å². The van der Waals surface area contributed by atoms with Crippen LogP contribution in [-0.4, -0.2) is 53.7 Å². The molecule has 0 aromatic carbocycles. The van der Waals surface area contributed by atoms with E-state index in [-0.39, 0.29) is 12.6 Å². The van der Waals surface area contributed by atoms with Crippen molar-refractivity contribution in [1.82, 2.24) is 4.90 Å². The average Bonchev–Trinajstić information content (AvgIpc) is 1.84. The van der Waals surface area contributed by atoms with Crippen molar-refractivity contribution in [2.24, 2.45) is 5.73 Å². The number of rotatable bonds is 2. The highest BCUT2D eigenvalue weighted by atomic mass is 32.3. The van der Waals surface area contributed by atoms with Gasteiger partial charge in [0.1, 0.15) is 0 Å². The number of hydrogen-bond acceptors (Lipinski definition) is 4. The average molecular weight is 215 g/mol. The van der Waals surface area contributed by atoms with Gasteiger partial charge >= 0.3 is 10.4 Å². The van der Waals surface area contributed by atoms with Crippen LogP contribution in [0.5, 0.6) is 0 Å². The molecule has 0 atom stereocenters. The summed E-state index contributed by atoms with van der Waals surface area (Å²) in [5.74, 6) is -0.0148. The highest BCUT2D eigenvalue weighted by molar-refractivity contribution is 7.79. The molecule has 0 saturated carbocycles. The van der Waals surface area contributed by atoms with E-state index in [2.05, 4.69) is 0 Å². The molecule has 0 aliphatic rings. The molecule has 0 aromatic heterocycles. The monoisotopic (exact) mass is 215 g/mol. The first kappa shape index (κ1) is 14.6. The van der Waals surface area contributed by atoms with Crippen molar-refractivity contribution in [2.45, 2.75) is 0 Å². The fourth-order valence-electron chi connectivity index (χ4n) is 0.270. The van der Waals surface area contributed by atoms with Gasteiger partial charge in [-0.15, -0.1) is 0 Å². The molecule has 9 heteroatoms. The van der Waals surface area contributed by atoms with Gasteiger partial charge in [0.2, 0.25) is 0 Å². The number of nitrogens with one attached hydrogen (secondary N) is 1. The zero-order valence-corrected chi connectivity index (χ0v) is 7.82. The van der Waals surface area contributed by atoms with Gasteiger partial charge in [0, 0.05) is 13.6 Å². The SMILES string of the molecule is CN(CCO)C(=N)N.O=S(=O)(O)O. The van der Waals surface area contributed by atoms with E-state index in [1.807, 2.05) is 0 Å². The quantitative estimate of drug-likeness (QED) is 0.206. The Bertz CT molecular complexity index is 230. The Labute approximate surface area is 76.1 Å². The minimum Gasteiger partial charge on any atom is -0.395 e. The second kappa shape index (κ2) is 6.60. The predicted octanol–water partition coefficient (Wildman–Crippen LogP) is -1.85. The molecule has 0 aromatic rings. The van der Waals surface area contributed by atoms with Gasteiger partial charge in [0.25, 0.3) is 0 Å². The van der Waals surface area contributed by atoms with Crippen LogP contribution in [0.25, 0.3) is 0 Å². The topological polar surface area (TPSA) is 148 Å². The molecule has 13 heavy (non-hydrogen) atoms. The Morgan fingerprint density at radius 2 is 1.85 bits per heavy atom. The van der Waals surface area contributed by atoms with Gasteiger partial charge in [-0.05, 0) is 0 Å². The summed E-state index contributed by atoms with van der Waals surface area (Å²) in [6.45, 7) is 0.464. The molecule has 0 spiro atoms. The van der Waals surface area contributed by atoms with Crippen LogP contribution in [0.4, 0.5) is 0 Å². The molecule has 0 heterocycles. The third-order valence-electron chi connectivity index (χ3n) is 0.847. The highest BCUT2D eigenvalue weighted by Gasteiger charge is 1.94. The van der Waals surface area contributed by atoms with Crippen LogP contribution in [0.2, 0.25) is 0 Å². The Morgan fingerprint density at radius 3 is 1.92 bits per heavy atom. The lowest BCUT2D eigenvalue weighted by Crippen LogP contribution is -2.34. The molecule has 8 nitrogen and oxygen atoms in total. The lowest BCUT2D eigenvalue weighted by atomic mass is 10.6. The molecular weight excluding hydrogens is 202 g/mol. The summed E-state index contributed by atoms with van der Waals surface area (Å²) >= 11 is 0. The van der Waals surface area contributed by atoms with Gasteiger partial charge in [-0.2, -0.15) is 8.42 Å². The zero-order chi connectivity index (χ0) is 11.1. The van der Waals surface area contributed by atoms with Crippen molar-refractivity contribution in [1.29, 1.82) is 5.41 Å². The Balaban J connectivity index is 0. The summed E-state index contributed by atoms with van der Waals surface area (Å²) in [5.41, 5.74) is 5.02. The fraction of sp³-hybridized carbons (Fsp3) is 0.750. The van der Waals surface area contributed by atoms with E-state index in [9.17, 15) is 0 Å². The fourth-order valence-corrected chi connectivity index (χ4v) is 0.270.